The fraction of sp³-hybridized carbons (Fsp3) is 0.688. The Morgan fingerprint density at radius 2 is 2.10 bits per heavy atom. The van der Waals surface area contributed by atoms with Crippen LogP contribution in [0, 0.1) is 6.92 Å². The van der Waals surface area contributed by atoms with Crippen molar-refractivity contribution in [2.24, 2.45) is 0 Å². The van der Waals surface area contributed by atoms with Crippen molar-refractivity contribution >= 4 is 0 Å². The van der Waals surface area contributed by atoms with E-state index in [1.54, 1.807) is 0 Å². The summed E-state index contributed by atoms with van der Waals surface area (Å²) < 4.78 is 5.99. The van der Waals surface area contributed by atoms with Gasteiger partial charge in [-0.15, -0.1) is 0 Å². The van der Waals surface area contributed by atoms with Gasteiger partial charge >= 0.3 is 0 Å². The van der Waals surface area contributed by atoms with Crippen LogP contribution in [-0.2, 0) is 6.54 Å². The lowest BCUT2D eigenvalue weighted by atomic mass is 10.1. The number of nitrogens with zero attached hydrogens (tertiary/aromatic N) is 1. The molecular weight excluding hydrogens is 252 g/mol. The van der Waals surface area contributed by atoms with E-state index < -0.39 is 0 Å². The molecule has 2 atom stereocenters. The van der Waals surface area contributed by atoms with Gasteiger partial charge in [0.25, 0.3) is 0 Å². The van der Waals surface area contributed by atoms with Crippen LogP contribution in [0.2, 0.25) is 0 Å². The molecule has 2 rings (SSSR count). The Kier molecular flexibility index (Phi) is 4.66. The number of pyridine rings is 1. The molecule has 0 aliphatic heterocycles. The predicted octanol–water partition coefficient (Wildman–Crippen LogP) is 2.57. The molecule has 112 valence electrons. The highest BCUT2D eigenvalue weighted by molar-refractivity contribution is 5.29. The highest BCUT2D eigenvalue weighted by atomic mass is 16.5. The molecule has 2 N–H and O–H groups in total. The summed E-state index contributed by atoms with van der Waals surface area (Å²) in [6.45, 7) is 9.04. The van der Waals surface area contributed by atoms with Crippen molar-refractivity contribution < 1.29 is 9.84 Å². The number of nitrogens with one attached hydrogen (secondary N) is 1. The number of aliphatic hydroxyl groups is 1. The molecule has 1 aromatic heterocycles. The maximum Gasteiger partial charge on any atom is 0.142 e. The van der Waals surface area contributed by atoms with Gasteiger partial charge in [-0.25, -0.2) is 0 Å². The lowest BCUT2D eigenvalue weighted by molar-refractivity contribution is 0.0593. The summed E-state index contributed by atoms with van der Waals surface area (Å²) >= 11 is 0. The first-order valence-corrected chi connectivity index (χ1v) is 7.41. The van der Waals surface area contributed by atoms with Gasteiger partial charge in [-0.2, -0.15) is 0 Å². The summed E-state index contributed by atoms with van der Waals surface area (Å²) in [7, 11) is 0. The highest BCUT2D eigenvalue weighted by Crippen LogP contribution is 2.26. The summed E-state index contributed by atoms with van der Waals surface area (Å²) in [6, 6.07) is 3.92. The quantitative estimate of drug-likeness (QED) is 0.889. The molecule has 1 heterocycles. The van der Waals surface area contributed by atoms with Crippen LogP contribution in [0.3, 0.4) is 0 Å². The van der Waals surface area contributed by atoms with Crippen LogP contribution >= 0.6 is 0 Å². The van der Waals surface area contributed by atoms with Crippen LogP contribution in [0.4, 0.5) is 0 Å². The van der Waals surface area contributed by atoms with Crippen molar-refractivity contribution in [1.29, 1.82) is 0 Å². The lowest BCUT2D eigenvalue weighted by Crippen LogP contribution is -2.35. The number of hydrogen-bond acceptors (Lipinski definition) is 4. The summed E-state index contributed by atoms with van der Waals surface area (Å²) in [6.07, 6.45) is 2.34. The Morgan fingerprint density at radius 1 is 1.35 bits per heavy atom. The predicted molar refractivity (Wildman–Crippen MR) is 79.8 cm³/mol. The zero-order valence-electron chi connectivity index (χ0n) is 12.9. The van der Waals surface area contributed by atoms with Gasteiger partial charge in [0.2, 0.25) is 0 Å². The molecule has 1 saturated carbocycles. The third-order valence-corrected chi connectivity index (χ3v) is 3.55. The van der Waals surface area contributed by atoms with Gasteiger partial charge in [0.15, 0.2) is 0 Å². The molecule has 2 unspecified atom stereocenters. The first-order chi connectivity index (χ1) is 9.35. The van der Waals surface area contributed by atoms with E-state index in [1.165, 1.54) is 0 Å². The molecule has 0 spiro atoms. The molecule has 4 heteroatoms. The Hall–Kier alpha value is -1.13. The maximum absolute atomic E-state index is 9.89. The third kappa shape index (κ3) is 4.18. The highest BCUT2D eigenvalue weighted by Gasteiger charge is 2.27. The molecule has 1 aliphatic rings. The summed E-state index contributed by atoms with van der Waals surface area (Å²) in [4.78, 5) is 4.57. The van der Waals surface area contributed by atoms with E-state index in [4.69, 9.17) is 4.74 Å². The van der Waals surface area contributed by atoms with E-state index in [9.17, 15) is 5.11 Å². The van der Waals surface area contributed by atoms with Crippen molar-refractivity contribution in [3.8, 4) is 5.75 Å². The Bertz CT molecular complexity index is 454. The fourth-order valence-electron chi connectivity index (χ4n) is 2.39. The second-order valence-electron chi connectivity index (χ2n) is 6.66. The van der Waals surface area contributed by atoms with E-state index in [0.29, 0.717) is 6.54 Å². The standard InChI is InChI=1S/C16H26N2O2/c1-11-8-9-14(20-15-7-5-6-13(15)19)12(18-11)10-17-16(2,3)4/h8-9,13,15,17,19H,5-7,10H2,1-4H3. The van der Waals surface area contributed by atoms with Gasteiger partial charge in [-0.1, -0.05) is 0 Å². The Balaban J connectivity index is 2.10. The average Bonchev–Trinajstić information content (AvgIpc) is 2.74. The van der Waals surface area contributed by atoms with E-state index in [1.807, 2.05) is 19.1 Å². The summed E-state index contributed by atoms with van der Waals surface area (Å²) in [5, 5.41) is 13.3. The number of ether oxygens (including phenoxy) is 1. The molecule has 1 aliphatic carbocycles. The van der Waals surface area contributed by atoms with Crippen LogP contribution in [0.15, 0.2) is 12.1 Å². The first-order valence-electron chi connectivity index (χ1n) is 7.41. The molecule has 20 heavy (non-hydrogen) atoms. The van der Waals surface area contributed by atoms with Crippen LogP contribution in [0.1, 0.15) is 51.4 Å². The normalized spacial score (nSPS) is 23.1. The summed E-state index contributed by atoms with van der Waals surface area (Å²) in [5.74, 6) is 0.790. The van der Waals surface area contributed by atoms with Crippen LogP contribution in [0.5, 0.6) is 5.75 Å². The lowest BCUT2D eigenvalue weighted by Gasteiger charge is -2.23. The van der Waals surface area contributed by atoms with Crippen LogP contribution in [0.25, 0.3) is 0 Å². The van der Waals surface area contributed by atoms with Crippen molar-refractivity contribution in [2.45, 2.75) is 71.2 Å². The smallest absolute Gasteiger partial charge is 0.142 e. The topological polar surface area (TPSA) is 54.4 Å². The van der Waals surface area contributed by atoms with E-state index in [-0.39, 0.29) is 17.7 Å². The average molecular weight is 278 g/mol. The largest absolute Gasteiger partial charge is 0.486 e. The molecular formula is C16H26N2O2. The molecule has 1 aromatic rings. The molecule has 0 bridgehead atoms. The van der Waals surface area contributed by atoms with E-state index >= 15 is 0 Å². The zero-order chi connectivity index (χ0) is 14.8. The molecule has 0 aromatic carbocycles. The Morgan fingerprint density at radius 3 is 2.70 bits per heavy atom. The maximum atomic E-state index is 9.89. The van der Waals surface area contributed by atoms with Gasteiger partial charge in [0.1, 0.15) is 11.9 Å². The van der Waals surface area contributed by atoms with Crippen molar-refractivity contribution in [3.63, 3.8) is 0 Å². The summed E-state index contributed by atoms with van der Waals surface area (Å²) in [5.41, 5.74) is 1.93. The van der Waals surface area contributed by atoms with Gasteiger partial charge < -0.3 is 15.2 Å². The number of aryl methyl sites for hydroxylation is 1. The monoisotopic (exact) mass is 278 g/mol. The van der Waals surface area contributed by atoms with E-state index in [2.05, 4.69) is 31.1 Å². The number of aliphatic hydroxyl groups excluding tert-OH is 1. The second-order valence-corrected chi connectivity index (χ2v) is 6.66. The van der Waals surface area contributed by atoms with Crippen LogP contribution in [-0.4, -0.2) is 27.8 Å². The van der Waals surface area contributed by atoms with Gasteiger partial charge in [0.05, 0.1) is 11.8 Å². The van der Waals surface area contributed by atoms with Gasteiger partial charge in [0, 0.05) is 17.8 Å². The molecule has 4 nitrogen and oxygen atoms in total. The van der Waals surface area contributed by atoms with E-state index in [0.717, 1.165) is 36.4 Å². The second kappa shape index (κ2) is 6.10. The minimum Gasteiger partial charge on any atom is -0.486 e. The van der Waals surface area contributed by atoms with Crippen molar-refractivity contribution in [1.82, 2.24) is 10.3 Å². The minimum absolute atomic E-state index is 0.0373. The molecule has 0 amide bonds. The van der Waals surface area contributed by atoms with Crippen LogP contribution < -0.4 is 10.1 Å². The molecule has 1 fully saturated rings. The number of rotatable bonds is 4. The number of hydrogen-bond donors (Lipinski definition) is 2. The molecule has 0 radical (unpaired) electrons. The SMILES string of the molecule is Cc1ccc(OC2CCCC2O)c(CNC(C)(C)C)n1. The molecule has 0 saturated heterocycles. The Labute approximate surface area is 121 Å². The first kappa shape index (κ1) is 15.3. The van der Waals surface area contributed by atoms with Crippen molar-refractivity contribution in [2.75, 3.05) is 0 Å². The third-order valence-electron chi connectivity index (χ3n) is 3.55. The number of aromatic nitrogens is 1. The minimum atomic E-state index is -0.347. The zero-order valence-corrected chi connectivity index (χ0v) is 12.9. The fourth-order valence-corrected chi connectivity index (χ4v) is 2.39. The van der Waals surface area contributed by atoms with Gasteiger partial charge in [-0.05, 0) is 59.1 Å². The van der Waals surface area contributed by atoms with Gasteiger partial charge in [-0.3, -0.25) is 4.98 Å². The van der Waals surface area contributed by atoms with Crippen molar-refractivity contribution in [3.05, 3.63) is 23.5 Å².